The normalized spacial score (nSPS) is 10.3. The van der Waals surface area contributed by atoms with Crippen LogP contribution in [0.25, 0.3) is 10.6 Å². The number of hydrogen-bond donors (Lipinski definition) is 0. The molecule has 2 rings (SSSR count). The molecule has 0 aliphatic carbocycles. The largest absolute Gasteiger partial charge is 0.344 e. The van der Waals surface area contributed by atoms with Crippen molar-refractivity contribution in [2.24, 2.45) is 0 Å². The molecule has 0 saturated heterocycles. The summed E-state index contributed by atoms with van der Waals surface area (Å²) in [5, 5.41) is 0.772. The number of aromatic nitrogens is 3. The molecule has 0 spiro atoms. The van der Waals surface area contributed by atoms with Gasteiger partial charge in [-0.2, -0.15) is 0 Å². The van der Waals surface area contributed by atoms with E-state index in [1.54, 1.807) is 31.4 Å². The quantitative estimate of drug-likeness (QED) is 0.810. The minimum absolute atomic E-state index is 0.0249. The Morgan fingerprint density at radius 3 is 2.53 bits per heavy atom. The van der Waals surface area contributed by atoms with E-state index in [1.165, 1.54) is 17.7 Å². The lowest BCUT2D eigenvalue weighted by atomic mass is 10.3. The van der Waals surface area contributed by atoms with Gasteiger partial charge in [-0.05, 0) is 6.92 Å². The van der Waals surface area contributed by atoms with E-state index in [0.717, 1.165) is 16.3 Å². The van der Waals surface area contributed by atoms with Crippen molar-refractivity contribution in [1.82, 2.24) is 19.9 Å². The number of amides is 1. The minimum atomic E-state index is -0.0249. The van der Waals surface area contributed by atoms with Crippen molar-refractivity contribution in [2.75, 3.05) is 14.1 Å². The zero-order valence-corrected chi connectivity index (χ0v) is 10.7. The summed E-state index contributed by atoms with van der Waals surface area (Å²) >= 11 is 1.37. The molecule has 0 saturated carbocycles. The summed E-state index contributed by atoms with van der Waals surface area (Å²) in [6.45, 7) is 1.83. The highest BCUT2D eigenvalue weighted by atomic mass is 32.1. The number of carbonyl (C=O) groups excluding carboxylic acids is 1. The van der Waals surface area contributed by atoms with E-state index in [-0.39, 0.29) is 5.91 Å². The van der Waals surface area contributed by atoms with Crippen LogP contribution < -0.4 is 0 Å². The van der Waals surface area contributed by atoms with Crippen molar-refractivity contribution in [3.63, 3.8) is 0 Å². The average molecular weight is 248 g/mol. The van der Waals surface area contributed by atoms with E-state index in [9.17, 15) is 4.79 Å². The van der Waals surface area contributed by atoms with E-state index in [2.05, 4.69) is 15.0 Å². The highest BCUT2D eigenvalue weighted by Crippen LogP contribution is 2.27. The molecule has 0 atom stereocenters. The number of thiazole rings is 1. The average Bonchev–Trinajstić information content (AvgIpc) is 2.71. The Kier molecular flexibility index (Phi) is 3.14. The molecule has 0 unspecified atom stereocenters. The monoisotopic (exact) mass is 248 g/mol. The molecule has 2 heterocycles. The summed E-state index contributed by atoms with van der Waals surface area (Å²) in [6.07, 6.45) is 4.85. The molecule has 5 nitrogen and oxygen atoms in total. The lowest BCUT2D eigenvalue weighted by Crippen LogP contribution is -2.21. The summed E-state index contributed by atoms with van der Waals surface area (Å²) in [5.41, 5.74) is 1.57. The second-order valence-electron chi connectivity index (χ2n) is 3.76. The highest BCUT2D eigenvalue weighted by molar-refractivity contribution is 7.17. The van der Waals surface area contributed by atoms with Crippen LogP contribution in [-0.4, -0.2) is 39.9 Å². The first-order valence-electron chi connectivity index (χ1n) is 5.04. The SMILES string of the molecule is Cc1nc(-c2cncnc2)sc1C(=O)N(C)C. The van der Waals surface area contributed by atoms with Gasteiger partial charge in [-0.15, -0.1) is 11.3 Å². The van der Waals surface area contributed by atoms with Crippen molar-refractivity contribution in [3.05, 3.63) is 29.3 Å². The van der Waals surface area contributed by atoms with Gasteiger partial charge in [0.15, 0.2) is 0 Å². The maximum Gasteiger partial charge on any atom is 0.265 e. The van der Waals surface area contributed by atoms with Crippen molar-refractivity contribution >= 4 is 17.2 Å². The van der Waals surface area contributed by atoms with Gasteiger partial charge in [0.25, 0.3) is 5.91 Å². The van der Waals surface area contributed by atoms with Crippen LogP contribution in [0.5, 0.6) is 0 Å². The van der Waals surface area contributed by atoms with Gasteiger partial charge in [0, 0.05) is 32.1 Å². The molecule has 0 radical (unpaired) electrons. The second-order valence-corrected chi connectivity index (χ2v) is 4.76. The van der Waals surface area contributed by atoms with Gasteiger partial charge in [-0.25, -0.2) is 15.0 Å². The Balaban J connectivity index is 2.41. The third-order valence-corrected chi connectivity index (χ3v) is 3.40. The lowest BCUT2D eigenvalue weighted by Gasteiger charge is -2.07. The van der Waals surface area contributed by atoms with Crippen LogP contribution >= 0.6 is 11.3 Å². The van der Waals surface area contributed by atoms with E-state index in [4.69, 9.17) is 0 Å². The van der Waals surface area contributed by atoms with Crippen molar-refractivity contribution in [2.45, 2.75) is 6.92 Å². The molecular weight excluding hydrogens is 236 g/mol. The molecular formula is C11H12N4OS. The number of rotatable bonds is 2. The molecule has 0 N–H and O–H groups in total. The molecule has 88 valence electrons. The first-order valence-corrected chi connectivity index (χ1v) is 5.85. The van der Waals surface area contributed by atoms with E-state index in [1.807, 2.05) is 6.92 Å². The smallest absolute Gasteiger partial charge is 0.265 e. The first-order chi connectivity index (χ1) is 8.09. The Morgan fingerprint density at radius 2 is 1.94 bits per heavy atom. The van der Waals surface area contributed by atoms with Crippen LogP contribution in [0.15, 0.2) is 18.7 Å². The van der Waals surface area contributed by atoms with Crippen LogP contribution in [0, 0.1) is 6.92 Å². The van der Waals surface area contributed by atoms with Crippen LogP contribution in [0.3, 0.4) is 0 Å². The number of carbonyl (C=O) groups is 1. The lowest BCUT2D eigenvalue weighted by molar-refractivity contribution is 0.0831. The summed E-state index contributed by atoms with van der Waals surface area (Å²) in [6, 6.07) is 0. The standard InChI is InChI=1S/C11H12N4OS/c1-7-9(11(16)15(2)3)17-10(14-7)8-4-12-6-13-5-8/h4-6H,1-3H3. The fourth-order valence-electron chi connectivity index (χ4n) is 1.33. The topological polar surface area (TPSA) is 59.0 Å². The predicted molar refractivity (Wildman–Crippen MR) is 65.9 cm³/mol. The van der Waals surface area contributed by atoms with Crippen molar-refractivity contribution < 1.29 is 4.79 Å². The summed E-state index contributed by atoms with van der Waals surface area (Å²) in [7, 11) is 3.46. The highest BCUT2D eigenvalue weighted by Gasteiger charge is 2.17. The number of nitrogens with zero attached hydrogens (tertiary/aromatic N) is 4. The van der Waals surface area contributed by atoms with Crippen LogP contribution in [0.4, 0.5) is 0 Å². The van der Waals surface area contributed by atoms with Crippen LogP contribution in [0.1, 0.15) is 15.4 Å². The van der Waals surface area contributed by atoms with Gasteiger partial charge in [-0.3, -0.25) is 4.79 Å². The first kappa shape index (κ1) is 11.7. The minimum Gasteiger partial charge on any atom is -0.344 e. The molecule has 17 heavy (non-hydrogen) atoms. The second kappa shape index (κ2) is 4.58. The van der Waals surface area contributed by atoms with Crippen molar-refractivity contribution in [1.29, 1.82) is 0 Å². The third-order valence-electron chi connectivity index (χ3n) is 2.20. The van der Waals surface area contributed by atoms with Crippen molar-refractivity contribution in [3.8, 4) is 10.6 Å². The Labute approximate surface area is 103 Å². The van der Waals surface area contributed by atoms with Crippen LogP contribution in [0.2, 0.25) is 0 Å². The molecule has 2 aromatic rings. The zero-order chi connectivity index (χ0) is 12.4. The van der Waals surface area contributed by atoms with E-state index in [0.29, 0.717) is 4.88 Å². The van der Waals surface area contributed by atoms with Gasteiger partial charge in [-0.1, -0.05) is 0 Å². The summed E-state index contributed by atoms with van der Waals surface area (Å²) < 4.78 is 0. The molecule has 0 aliphatic rings. The number of aryl methyl sites for hydroxylation is 1. The third kappa shape index (κ3) is 2.31. The van der Waals surface area contributed by atoms with Gasteiger partial charge >= 0.3 is 0 Å². The summed E-state index contributed by atoms with van der Waals surface area (Å²) in [4.78, 5) is 26.3. The predicted octanol–water partition coefficient (Wildman–Crippen LogP) is 1.61. The molecule has 0 bridgehead atoms. The summed E-state index contributed by atoms with van der Waals surface area (Å²) in [5.74, 6) is -0.0249. The Hall–Kier alpha value is -1.82. The molecule has 0 aromatic carbocycles. The maximum absolute atomic E-state index is 11.9. The molecule has 0 fully saturated rings. The fraction of sp³-hybridized carbons (Fsp3) is 0.273. The van der Waals surface area contributed by atoms with E-state index >= 15 is 0 Å². The van der Waals surface area contributed by atoms with Gasteiger partial charge in [0.2, 0.25) is 0 Å². The molecule has 2 aromatic heterocycles. The number of hydrogen-bond acceptors (Lipinski definition) is 5. The maximum atomic E-state index is 11.9. The molecule has 6 heteroatoms. The van der Waals surface area contributed by atoms with E-state index < -0.39 is 0 Å². The van der Waals surface area contributed by atoms with Gasteiger partial charge < -0.3 is 4.90 Å². The van der Waals surface area contributed by atoms with Gasteiger partial charge in [0.1, 0.15) is 16.2 Å². The Bertz CT molecular complexity index is 536. The van der Waals surface area contributed by atoms with Crippen LogP contribution in [-0.2, 0) is 0 Å². The van der Waals surface area contributed by atoms with Gasteiger partial charge in [0.05, 0.1) is 5.69 Å². The Morgan fingerprint density at radius 1 is 1.29 bits per heavy atom. The fourth-order valence-corrected chi connectivity index (χ4v) is 2.39. The molecule has 0 aliphatic heterocycles. The molecule has 1 amide bonds. The zero-order valence-electron chi connectivity index (χ0n) is 9.84.